The van der Waals surface area contributed by atoms with E-state index in [9.17, 15) is 10.1 Å². The van der Waals surface area contributed by atoms with Gasteiger partial charge in [0.1, 0.15) is 6.04 Å². The van der Waals surface area contributed by atoms with E-state index in [0.717, 1.165) is 42.4 Å². The number of nitrogens with zero attached hydrogens (tertiary/aromatic N) is 2. The minimum absolute atomic E-state index is 0.108. The minimum Gasteiger partial charge on any atom is -0.340 e. The fourth-order valence-corrected chi connectivity index (χ4v) is 3.73. The zero-order chi connectivity index (χ0) is 19.9. The quantitative estimate of drug-likeness (QED) is 0.840. The van der Waals surface area contributed by atoms with Crippen LogP contribution in [0, 0.1) is 28.6 Å². The third kappa shape index (κ3) is 4.76. The Balaban J connectivity index is 1.64. The molecular weight excluding hydrogens is 348 g/mol. The van der Waals surface area contributed by atoms with Crippen molar-refractivity contribution in [1.29, 1.82) is 10.5 Å². The van der Waals surface area contributed by atoms with Crippen LogP contribution in [0.4, 0.5) is 0 Å². The highest BCUT2D eigenvalue weighted by Crippen LogP contribution is 2.24. The number of nitrogens with two attached hydrogens (primary N) is 1. The van der Waals surface area contributed by atoms with Crippen LogP contribution in [-0.4, -0.2) is 18.0 Å². The average Bonchev–Trinajstić information content (AvgIpc) is 2.74. The van der Waals surface area contributed by atoms with Crippen LogP contribution < -0.4 is 11.1 Å². The highest BCUT2D eigenvalue weighted by atomic mass is 16.2. The summed E-state index contributed by atoms with van der Waals surface area (Å²) in [6.07, 6.45) is 4.18. The maximum atomic E-state index is 12.5. The summed E-state index contributed by atoms with van der Waals surface area (Å²) in [6.45, 7) is 0. The molecular formula is C23H24N4O. The van der Waals surface area contributed by atoms with Crippen LogP contribution in [-0.2, 0) is 11.2 Å². The first kappa shape index (κ1) is 19.6. The smallest absolute Gasteiger partial charge is 0.225 e. The summed E-state index contributed by atoms with van der Waals surface area (Å²) in [5.74, 6) is -0.303. The molecule has 3 N–H and O–H groups in total. The van der Waals surface area contributed by atoms with Gasteiger partial charge in [0.25, 0.3) is 0 Å². The molecule has 5 nitrogen and oxygen atoms in total. The van der Waals surface area contributed by atoms with E-state index in [4.69, 9.17) is 11.0 Å². The molecule has 0 heterocycles. The van der Waals surface area contributed by atoms with Gasteiger partial charge in [0.05, 0.1) is 23.6 Å². The lowest BCUT2D eigenvalue weighted by Gasteiger charge is -2.28. The molecule has 0 bridgehead atoms. The first-order valence-electron chi connectivity index (χ1n) is 9.66. The molecule has 3 unspecified atom stereocenters. The molecule has 3 rings (SSSR count). The summed E-state index contributed by atoms with van der Waals surface area (Å²) in [5, 5.41) is 21.4. The van der Waals surface area contributed by atoms with Crippen molar-refractivity contribution in [2.45, 2.75) is 44.2 Å². The van der Waals surface area contributed by atoms with Crippen molar-refractivity contribution < 1.29 is 4.79 Å². The van der Waals surface area contributed by atoms with E-state index in [0.29, 0.717) is 12.0 Å². The van der Waals surface area contributed by atoms with E-state index >= 15 is 0 Å². The monoisotopic (exact) mass is 372 g/mol. The van der Waals surface area contributed by atoms with Gasteiger partial charge in [-0.05, 0) is 41.7 Å². The van der Waals surface area contributed by atoms with Crippen molar-refractivity contribution in [3.63, 3.8) is 0 Å². The number of rotatable bonds is 5. The summed E-state index contributed by atoms with van der Waals surface area (Å²) in [7, 11) is 0. The normalized spacial score (nSPS) is 19.8. The molecule has 2 aromatic rings. The Hall–Kier alpha value is -3.15. The lowest BCUT2D eigenvalue weighted by molar-refractivity contribution is -0.126. The SMILES string of the molecule is N#Cc1cccc(-c2ccc(CC(C#N)NC(=O)C3CCCCC3N)cc2)c1. The van der Waals surface area contributed by atoms with Gasteiger partial charge < -0.3 is 11.1 Å². The number of nitriles is 2. The molecule has 0 aromatic heterocycles. The number of benzene rings is 2. The van der Waals surface area contributed by atoms with E-state index in [2.05, 4.69) is 17.5 Å². The third-order valence-corrected chi connectivity index (χ3v) is 5.35. The maximum Gasteiger partial charge on any atom is 0.225 e. The second-order valence-electron chi connectivity index (χ2n) is 7.34. The first-order chi connectivity index (χ1) is 13.6. The summed E-state index contributed by atoms with van der Waals surface area (Å²) in [4.78, 5) is 12.5. The Morgan fingerprint density at radius 1 is 1.11 bits per heavy atom. The highest BCUT2D eigenvalue weighted by Gasteiger charge is 2.29. The Morgan fingerprint density at radius 2 is 1.86 bits per heavy atom. The summed E-state index contributed by atoms with van der Waals surface area (Å²) in [5.41, 5.74) is 9.65. The average molecular weight is 372 g/mol. The number of hydrogen-bond acceptors (Lipinski definition) is 4. The van der Waals surface area contributed by atoms with Crippen LogP contribution in [0.15, 0.2) is 48.5 Å². The van der Waals surface area contributed by atoms with Gasteiger partial charge in [-0.3, -0.25) is 4.79 Å². The van der Waals surface area contributed by atoms with Crippen molar-refractivity contribution in [3.8, 4) is 23.3 Å². The molecule has 5 heteroatoms. The first-order valence-corrected chi connectivity index (χ1v) is 9.66. The topological polar surface area (TPSA) is 103 Å². The molecule has 142 valence electrons. The molecule has 0 saturated heterocycles. The zero-order valence-corrected chi connectivity index (χ0v) is 15.8. The fourth-order valence-electron chi connectivity index (χ4n) is 3.73. The molecule has 1 aliphatic carbocycles. The van der Waals surface area contributed by atoms with Gasteiger partial charge in [0, 0.05) is 12.5 Å². The molecule has 1 aliphatic rings. The third-order valence-electron chi connectivity index (χ3n) is 5.35. The van der Waals surface area contributed by atoms with Crippen molar-refractivity contribution in [1.82, 2.24) is 5.32 Å². The summed E-state index contributed by atoms with van der Waals surface area (Å²) in [6, 6.07) is 18.9. The molecule has 0 radical (unpaired) electrons. The van der Waals surface area contributed by atoms with Crippen molar-refractivity contribution in [2.75, 3.05) is 0 Å². The van der Waals surface area contributed by atoms with Crippen LogP contribution in [0.2, 0.25) is 0 Å². The highest BCUT2D eigenvalue weighted by molar-refractivity contribution is 5.80. The number of carbonyl (C=O) groups excluding carboxylic acids is 1. The van der Waals surface area contributed by atoms with E-state index in [1.165, 1.54) is 0 Å². The van der Waals surface area contributed by atoms with Crippen LogP contribution in [0.1, 0.15) is 36.8 Å². The Labute approximate surface area is 165 Å². The van der Waals surface area contributed by atoms with Crippen LogP contribution in [0.3, 0.4) is 0 Å². The maximum absolute atomic E-state index is 12.5. The molecule has 1 fully saturated rings. The van der Waals surface area contributed by atoms with E-state index in [1.54, 1.807) is 6.07 Å². The Kier molecular flexibility index (Phi) is 6.42. The predicted molar refractivity (Wildman–Crippen MR) is 108 cm³/mol. The molecule has 1 amide bonds. The van der Waals surface area contributed by atoms with Gasteiger partial charge in [0.2, 0.25) is 5.91 Å². The van der Waals surface area contributed by atoms with Crippen LogP contribution >= 0.6 is 0 Å². The summed E-state index contributed by atoms with van der Waals surface area (Å²) < 4.78 is 0. The van der Waals surface area contributed by atoms with Gasteiger partial charge in [-0.25, -0.2) is 0 Å². The van der Waals surface area contributed by atoms with Crippen molar-refractivity contribution in [3.05, 3.63) is 59.7 Å². The number of hydrogen-bond donors (Lipinski definition) is 2. The number of amides is 1. The van der Waals surface area contributed by atoms with Gasteiger partial charge in [-0.2, -0.15) is 10.5 Å². The van der Waals surface area contributed by atoms with Gasteiger partial charge in [0.15, 0.2) is 0 Å². The molecule has 0 aliphatic heterocycles. The predicted octanol–water partition coefficient (Wildman–Crippen LogP) is 3.29. The number of carbonyl (C=O) groups is 1. The zero-order valence-electron chi connectivity index (χ0n) is 15.8. The molecule has 0 spiro atoms. The second kappa shape index (κ2) is 9.17. The lowest BCUT2D eigenvalue weighted by Crippen LogP contribution is -2.47. The fraction of sp³-hybridized carbons (Fsp3) is 0.348. The van der Waals surface area contributed by atoms with Crippen molar-refractivity contribution in [2.24, 2.45) is 11.7 Å². The van der Waals surface area contributed by atoms with Gasteiger partial charge >= 0.3 is 0 Å². The van der Waals surface area contributed by atoms with Crippen LogP contribution in [0.5, 0.6) is 0 Å². The lowest BCUT2D eigenvalue weighted by atomic mass is 9.84. The summed E-state index contributed by atoms with van der Waals surface area (Å²) >= 11 is 0. The standard InChI is InChI=1S/C23H24N4O/c24-14-17-4-3-5-19(12-17)18-10-8-16(9-11-18)13-20(15-25)27-23(28)21-6-1-2-7-22(21)26/h3-5,8-12,20-22H,1-2,6-7,13,26H2,(H,27,28). The molecule has 28 heavy (non-hydrogen) atoms. The van der Waals surface area contributed by atoms with E-state index in [-0.39, 0.29) is 17.9 Å². The van der Waals surface area contributed by atoms with Crippen LogP contribution in [0.25, 0.3) is 11.1 Å². The van der Waals surface area contributed by atoms with Gasteiger partial charge in [-0.15, -0.1) is 0 Å². The molecule has 1 saturated carbocycles. The Morgan fingerprint density at radius 3 is 2.54 bits per heavy atom. The number of nitrogens with one attached hydrogen (secondary N) is 1. The van der Waals surface area contributed by atoms with Gasteiger partial charge in [-0.1, -0.05) is 49.2 Å². The van der Waals surface area contributed by atoms with E-state index < -0.39 is 6.04 Å². The Bertz CT molecular complexity index is 907. The molecule has 2 aromatic carbocycles. The largest absolute Gasteiger partial charge is 0.340 e. The minimum atomic E-state index is -0.575. The van der Waals surface area contributed by atoms with E-state index in [1.807, 2.05) is 42.5 Å². The molecule has 3 atom stereocenters. The second-order valence-corrected chi connectivity index (χ2v) is 7.34. The van der Waals surface area contributed by atoms with Crippen molar-refractivity contribution >= 4 is 5.91 Å².